The number of halogens is 1. The zero-order valence-corrected chi connectivity index (χ0v) is 20.2. The molecule has 2 aromatic heterocycles. The molecule has 0 spiro atoms. The van der Waals surface area contributed by atoms with E-state index in [4.69, 9.17) is 4.74 Å². The van der Waals surface area contributed by atoms with Crippen molar-refractivity contribution in [1.82, 2.24) is 19.4 Å². The summed E-state index contributed by atoms with van der Waals surface area (Å²) in [5, 5.41) is 12.1. The van der Waals surface area contributed by atoms with Crippen LogP contribution in [0.1, 0.15) is 62.9 Å². The topological polar surface area (TPSA) is 133 Å². The Morgan fingerprint density at radius 2 is 1.83 bits per heavy atom. The minimum atomic E-state index is -1.18. The molecule has 11 heteroatoms. The zero-order valence-electron chi connectivity index (χ0n) is 20.2. The SMILES string of the molecule is CC(C)(C)OC(=O)NC1CCC(n2c(=O)c3cc(F)cnc3n(-c3cccc(C(=O)O)c3)c2=O)CC1. The number of hydrogen-bond donors (Lipinski definition) is 2. The number of fused-ring (bicyclic) bond motifs is 1. The van der Waals surface area contributed by atoms with Gasteiger partial charge in [-0.15, -0.1) is 0 Å². The normalized spacial score (nSPS) is 18.1. The van der Waals surface area contributed by atoms with Gasteiger partial charge in [0, 0.05) is 12.1 Å². The van der Waals surface area contributed by atoms with E-state index in [0.717, 1.165) is 21.4 Å². The quantitative estimate of drug-likeness (QED) is 0.563. The molecule has 1 aromatic carbocycles. The minimum absolute atomic E-state index is 0.0545. The van der Waals surface area contributed by atoms with Crippen LogP contribution in [0.25, 0.3) is 16.7 Å². The monoisotopic (exact) mass is 498 g/mol. The highest BCUT2D eigenvalue weighted by Crippen LogP contribution is 2.28. The summed E-state index contributed by atoms with van der Waals surface area (Å²) >= 11 is 0. The van der Waals surface area contributed by atoms with Crippen molar-refractivity contribution >= 4 is 23.1 Å². The van der Waals surface area contributed by atoms with Gasteiger partial charge in [0.2, 0.25) is 0 Å². The van der Waals surface area contributed by atoms with Gasteiger partial charge >= 0.3 is 17.8 Å². The number of rotatable bonds is 4. The van der Waals surface area contributed by atoms with Gasteiger partial charge < -0.3 is 15.2 Å². The smallest absolute Gasteiger partial charge is 0.407 e. The lowest BCUT2D eigenvalue weighted by Gasteiger charge is -2.31. The van der Waals surface area contributed by atoms with Crippen LogP contribution in [0.3, 0.4) is 0 Å². The first-order valence-corrected chi connectivity index (χ1v) is 11.6. The van der Waals surface area contributed by atoms with Gasteiger partial charge in [0.05, 0.1) is 22.8 Å². The first kappa shape index (κ1) is 25.1. The largest absolute Gasteiger partial charge is 0.478 e. The molecule has 1 amide bonds. The maximum absolute atomic E-state index is 14.1. The molecule has 3 aromatic rings. The van der Waals surface area contributed by atoms with Crippen molar-refractivity contribution in [3.8, 4) is 5.69 Å². The van der Waals surface area contributed by atoms with Crippen molar-refractivity contribution in [2.45, 2.75) is 64.1 Å². The Morgan fingerprint density at radius 1 is 1.14 bits per heavy atom. The number of hydrogen-bond acceptors (Lipinski definition) is 6. The predicted molar refractivity (Wildman–Crippen MR) is 129 cm³/mol. The van der Waals surface area contributed by atoms with Crippen molar-refractivity contribution in [2.24, 2.45) is 0 Å². The van der Waals surface area contributed by atoms with Crippen molar-refractivity contribution in [3.05, 3.63) is 68.7 Å². The van der Waals surface area contributed by atoms with E-state index < -0.39 is 40.8 Å². The molecule has 0 bridgehead atoms. The van der Waals surface area contributed by atoms with E-state index >= 15 is 0 Å². The summed E-state index contributed by atoms with van der Waals surface area (Å²) in [5.74, 6) is -1.92. The summed E-state index contributed by atoms with van der Waals surface area (Å²) in [6, 6.07) is 6.02. The number of benzene rings is 1. The summed E-state index contributed by atoms with van der Waals surface area (Å²) in [4.78, 5) is 54.6. The molecule has 1 aliphatic rings. The van der Waals surface area contributed by atoms with Crippen LogP contribution in [-0.2, 0) is 4.74 Å². The predicted octanol–water partition coefficient (Wildman–Crippen LogP) is 3.39. The van der Waals surface area contributed by atoms with Crippen LogP contribution in [0, 0.1) is 5.82 Å². The summed E-state index contributed by atoms with van der Waals surface area (Å²) < 4.78 is 21.6. The molecule has 1 saturated carbocycles. The van der Waals surface area contributed by atoms with Crippen LogP contribution in [0.4, 0.5) is 9.18 Å². The van der Waals surface area contributed by atoms with E-state index in [9.17, 15) is 28.7 Å². The number of aromatic carboxylic acids is 1. The van der Waals surface area contributed by atoms with E-state index in [-0.39, 0.29) is 28.3 Å². The minimum Gasteiger partial charge on any atom is -0.478 e. The highest BCUT2D eigenvalue weighted by molar-refractivity contribution is 5.88. The Kier molecular flexibility index (Phi) is 6.66. The second-order valence-corrected chi connectivity index (χ2v) is 9.83. The van der Waals surface area contributed by atoms with Crippen molar-refractivity contribution in [1.29, 1.82) is 0 Å². The summed E-state index contributed by atoms with van der Waals surface area (Å²) in [5.41, 5.74) is -1.93. The molecule has 1 aliphatic carbocycles. The number of ether oxygens (including phenoxy) is 1. The highest BCUT2D eigenvalue weighted by Gasteiger charge is 2.29. The van der Waals surface area contributed by atoms with Crippen LogP contribution < -0.4 is 16.6 Å². The molecule has 0 unspecified atom stereocenters. The Morgan fingerprint density at radius 3 is 2.47 bits per heavy atom. The standard InChI is InChI=1S/C25H27FN4O6/c1-25(2,3)36-23(34)28-16-7-9-17(10-8-16)30-21(31)19-12-15(26)13-27-20(19)29(24(30)35)18-6-4-5-14(11-18)22(32)33/h4-6,11-13,16-17H,7-10H2,1-3H3,(H,28,34)(H,32,33). The number of aromatic nitrogens is 3. The van der Waals surface area contributed by atoms with Gasteiger partial charge in [0.1, 0.15) is 11.4 Å². The molecule has 0 radical (unpaired) electrons. The summed E-state index contributed by atoms with van der Waals surface area (Å²) in [6.07, 6.45) is 2.21. The molecule has 0 saturated heterocycles. The maximum Gasteiger partial charge on any atom is 0.407 e. The number of nitrogens with zero attached hydrogens (tertiary/aromatic N) is 3. The number of carbonyl (C=O) groups excluding carboxylic acids is 1. The van der Waals surface area contributed by atoms with Gasteiger partial charge in [-0.3, -0.25) is 9.36 Å². The zero-order chi connectivity index (χ0) is 26.2. The van der Waals surface area contributed by atoms with E-state index in [1.807, 2.05) is 0 Å². The molecule has 4 rings (SSSR count). The van der Waals surface area contributed by atoms with Gasteiger partial charge in [-0.05, 0) is 70.7 Å². The molecule has 2 N–H and O–H groups in total. The first-order valence-electron chi connectivity index (χ1n) is 11.6. The number of nitrogens with one attached hydrogen (secondary N) is 1. The molecule has 10 nitrogen and oxygen atoms in total. The van der Waals surface area contributed by atoms with Gasteiger partial charge in [-0.1, -0.05) is 6.07 Å². The average Bonchev–Trinajstić information content (AvgIpc) is 2.79. The van der Waals surface area contributed by atoms with Gasteiger partial charge in [-0.25, -0.2) is 28.3 Å². The maximum atomic E-state index is 14.1. The first-order chi connectivity index (χ1) is 16.9. The third-order valence-electron chi connectivity index (χ3n) is 6.03. The lowest BCUT2D eigenvalue weighted by atomic mass is 9.91. The lowest BCUT2D eigenvalue weighted by Crippen LogP contribution is -2.45. The summed E-state index contributed by atoms with van der Waals surface area (Å²) in [6.45, 7) is 5.31. The van der Waals surface area contributed by atoms with E-state index in [0.29, 0.717) is 25.7 Å². The van der Waals surface area contributed by atoms with Gasteiger partial charge in [-0.2, -0.15) is 0 Å². The molecule has 190 valence electrons. The molecular weight excluding hydrogens is 471 g/mol. The molecular formula is C25H27FN4O6. The fourth-order valence-electron chi connectivity index (χ4n) is 4.47. The molecule has 0 aliphatic heterocycles. The molecule has 0 atom stereocenters. The Labute approximate surface area is 205 Å². The molecule has 36 heavy (non-hydrogen) atoms. The van der Waals surface area contributed by atoms with Crippen molar-refractivity contribution in [3.63, 3.8) is 0 Å². The van der Waals surface area contributed by atoms with Crippen LogP contribution in [0.2, 0.25) is 0 Å². The number of carboxylic acids is 1. The Bertz CT molecular complexity index is 1450. The number of carbonyl (C=O) groups is 2. The Balaban J connectivity index is 1.72. The van der Waals surface area contributed by atoms with Crippen LogP contribution in [0.15, 0.2) is 46.1 Å². The molecule has 1 fully saturated rings. The Hall–Kier alpha value is -4.02. The second kappa shape index (κ2) is 9.56. The lowest BCUT2D eigenvalue weighted by molar-refractivity contribution is 0.0487. The number of alkyl carbamates (subject to hydrolysis) is 1. The average molecular weight is 499 g/mol. The van der Waals surface area contributed by atoms with Gasteiger partial charge in [0.15, 0.2) is 5.65 Å². The van der Waals surface area contributed by atoms with Crippen LogP contribution in [0.5, 0.6) is 0 Å². The van der Waals surface area contributed by atoms with E-state index in [1.54, 1.807) is 20.8 Å². The number of carboxylic acid groups (broad SMARTS) is 1. The van der Waals surface area contributed by atoms with Crippen LogP contribution >= 0.6 is 0 Å². The fourth-order valence-corrected chi connectivity index (χ4v) is 4.47. The number of amides is 1. The second-order valence-electron chi connectivity index (χ2n) is 9.83. The fraction of sp³-hybridized carbons (Fsp3) is 0.400. The highest BCUT2D eigenvalue weighted by atomic mass is 19.1. The van der Waals surface area contributed by atoms with Gasteiger partial charge in [0.25, 0.3) is 5.56 Å². The summed E-state index contributed by atoms with van der Waals surface area (Å²) in [7, 11) is 0. The van der Waals surface area contributed by atoms with Crippen molar-refractivity contribution in [2.75, 3.05) is 0 Å². The third kappa shape index (κ3) is 5.14. The molecule has 2 heterocycles. The van der Waals surface area contributed by atoms with Crippen LogP contribution in [-0.4, -0.2) is 42.9 Å². The van der Waals surface area contributed by atoms with E-state index in [1.165, 1.54) is 24.3 Å². The van der Waals surface area contributed by atoms with E-state index in [2.05, 4.69) is 10.3 Å². The number of pyridine rings is 1. The third-order valence-corrected chi connectivity index (χ3v) is 6.03. The van der Waals surface area contributed by atoms with Crippen molar-refractivity contribution < 1.29 is 23.8 Å².